The molecule has 33 heavy (non-hydrogen) atoms. The molecule has 1 aromatic carbocycles. The van der Waals surface area contributed by atoms with Crippen LogP contribution >= 0.6 is 0 Å². The standard InChI is InChI=1S/C26H32N4O3/c1-18-9-10-24-28-21(16-30(24)15-18)25(33)29(3)22-11-13-26(14-12-23(22)32,17-27-19(2)31)20-7-5-4-6-8-20/h4-10,15-16,22-23,32H,11-14,17H2,1-3H3,(H,27,31)/t22-,23-,26+/m0/s1. The van der Waals surface area contributed by atoms with Crippen molar-refractivity contribution in [3.05, 3.63) is 71.7 Å². The minimum atomic E-state index is -0.652. The molecular formula is C26H32N4O3. The average molecular weight is 449 g/mol. The van der Waals surface area contributed by atoms with Crippen LogP contribution in [0.3, 0.4) is 0 Å². The lowest BCUT2D eigenvalue weighted by Gasteiger charge is -2.34. The fourth-order valence-corrected chi connectivity index (χ4v) is 5.00. The fourth-order valence-electron chi connectivity index (χ4n) is 5.00. The number of rotatable bonds is 5. The minimum Gasteiger partial charge on any atom is -0.391 e. The summed E-state index contributed by atoms with van der Waals surface area (Å²) < 4.78 is 1.85. The van der Waals surface area contributed by atoms with Crippen molar-refractivity contribution in [2.24, 2.45) is 0 Å². The van der Waals surface area contributed by atoms with Crippen molar-refractivity contribution in [2.45, 2.75) is 57.1 Å². The number of fused-ring (bicyclic) bond motifs is 1. The molecule has 3 atom stereocenters. The van der Waals surface area contributed by atoms with Gasteiger partial charge < -0.3 is 19.7 Å². The Kier molecular flexibility index (Phi) is 6.51. The molecule has 7 heteroatoms. The van der Waals surface area contributed by atoms with Crippen LogP contribution in [0.1, 0.15) is 54.2 Å². The molecule has 0 radical (unpaired) electrons. The summed E-state index contributed by atoms with van der Waals surface area (Å²) in [5.41, 5.74) is 3.04. The Morgan fingerprint density at radius 3 is 2.61 bits per heavy atom. The molecule has 2 N–H and O–H groups in total. The van der Waals surface area contributed by atoms with Gasteiger partial charge in [-0.15, -0.1) is 0 Å². The highest BCUT2D eigenvalue weighted by Crippen LogP contribution is 2.39. The van der Waals surface area contributed by atoms with Crippen molar-refractivity contribution in [1.29, 1.82) is 0 Å². The van der Waals surface area contributed by atoms with Crippen LogP contribution in [0.25, 0.3) is 5.65 Å². The first-order valence-corrected chi connectivity index (χ1v) is 11.5. The van der Waals surface area contributed by atoms with E-state index < -0.39 is 6.10 Å². The molecule has 174 valence electrons. The number of aliphatic hydroxyl groups excluding tert-OH is 1. The molecule has 1 fully saturated rings. The van der Waals surface area contributed by atoms with E-state index in [0.29, 0.717) is 25.1 Å². The second-order valence-corrected chi connectivity index (χ2v) is 9.28. The third-order valence-corrected chi connectivity index (χ3v) is 6.98. The van der Waals surface area contributed by atoms with E-state index in [-0.39, 0.29) is 23.3 Å². The Labute approximate surface area is 194 Å². The number of nitrogens with zero attached hydrogens (tertiary/aromatic N) is 3. The van der Waals surface area contributed by atoms with Crippen LogP contribution in [0, 0.1) is 6.92 Å². The summed E-state index contributed by atoms with van der Waals surface area (Å²) in [5, 5.41) is 14.0. The predicted octanol–water partition coefficient (Wildman–Crippen LogP) is 3.09. The Bertz CT molecular complexity index is 1140. The highest BCUT2D eigenvalue weighted by molar-refractivity contribution is 5.93. The molecule has 2 aromatic heterocycles. The van der Waals surface area contributed by atoms with E-state index in [1.807, 2.05) is 47.9 Å². The number of hydrogen-bond acceptors (Lipinski definition) is 4. The van der Waals surface area contributed by atoms with Gasteiger partial charge in [0, 0.05) is 38.3 Å². The van der Waals surface area contributed by atoms with Crippen LogP contribution in [0.5, 0.6) is 0 Å². The Morgan fingerprint density at radius 2 is 1.88 bits per heavy atom. The van der Waals surface area contributed by atoms with Crippen LogP contribution < -0.4 is 5.32 Å². The summed E-state index contributed by atoms with van der Waals surface area (Å²) in [6.07, 6.45) is 5.68. The van der Waals surface area contributed by atoms with Gasteiger partial charge in [-0.1, -0.05) is 36.4 Å². The number of amides is 2. The second kappa shape index (κ2) is 9.35. The Morgan fingerprint density at radius 1 is 1.15 bits per heavy atom. The molecule has 0 bridgehead atoms. The van der Waals surface area contributed by atoms with Gasteiger partial charge in [0.1, 0.15) is 11.3 Å². The fraction of sp³-hybridized carbons (Fsp3) is 0.423. The highest BCUT2D eigenvalue weighted by Gasteiger charge is 2.40. The second-order valence-electron chi connectivity index (χ2n) is 9.28. The zero-order valence-corrected chi connectivity index (χ0v) is 19.5. The summed E-state index contributed by atoms with van der Waals surface area (Å²) in [5.74, 6) is -0.268. The first-order valence-electron chi connectivity index (χ1n) is 11.5. The number of pyridine rings is 1. The number of likely N-dealkylation sites (N-methyl/N-ethyl adjacent to an activating group) is 1. The molecule has 2 amide bonds. The van der Waals surface area contributed by atoms with Gasteiger partial charge in [-0.2, -0.15) is 0 Å². The first-order chi connectivity index (χ1) is 15.8. The van der Waals surface area contributed by atoms with Crippen molar-refractivity contribution >= 4 is 17.5 Å². The van der Waals surface area contributed by atoms with Crippen LogP contribution in [0.15, 0.2) is 54.9 Å². The normalized spacial score (nSPS) is 23.2. The largest absolute Gasteiger partial charge is 0.391 e. The third kappa shape index (κ3) is 4.78. The molecule has 0 unspecified atom stereocenters. The zero-order valence-electron chi connectivity index (χ0n) is 19.5. The molecule has 2 heterocycles. The lowest BCUT2D eigenvalue weighted by Crippen LogP contribution is -2.44. The zero-order chi connectivity index (χ0) is 23.6. The predicted molar refractivity (Wildman–Crippen MR) is 127 cm³/mol. The molecule has 7 nitrogen and oxygen atoms in total. The minimum absolute atomic E-state index is 0.0685. The Hall–Kier alpha value is -3.19. The van der Waals surface area contributed by atoms with Gasteiger partial charge in [0.05, 0.1) is 12.1 Å². The monoisotopic (exact) mass is 448 g/mol. The van der Waals surface area contributed by atoms with E-state index in [9.17, 15) is 14.7 Å². The summed E-state index contributed by atoms with van der Waals surface area (Å²) >= 11 is 0. The lowest BCUT2D eigenvalue weighted by atomic mass is 9.74. The molecule has 4 rings (SSSR count). The molecule has 0 aliphatic heterocycles. The van der Waals surface area contributed by atoms with Gasteiger partial charge in [0.15, 0.2) is 0 Å². The maximum atomic E-state index is 13.3. The Balaban J connectivity index is 1.57. The number of hydrogen-bond donors (Lipinski definition) is 2. The van der Waals surface area contributed by atoms with Crippen LogP contribution in [0.2, 0.25) is 0 Å². The number of imidazole rings is 1. The molecule has 1 aliphatic rings. The summed E-state index contributed by atoms with van der Waals surface area (Å²) in [6, 6.07) is 13.7. The number of aromatic nitrogens is 2. The smallest absolute Gasteiger partial charge is 0.274 e. The average Bonchev–Trinajstić information content (AvgIpc) is 3.15. The summed E-state index contributed by atoms with van der Waals surface area (Å²) in [7, 11) is 1.74. The van der Waals surface area contributed by atoms with Crippen molar-refractivity contribution in [1.82, 2.24) is 19.6 Å². The van der Waals surface area contributed by atoms with E-state index in [1.54, 1.807) is 18.1 Å². The van der Waals surface area contributed by atoms with Crippen molar-refractivity contribution in [2.75, 3.05) is 13.6 Å². The first kappa shape index (κ1) is 23.0. The SMILES string of the molecule is CC(=O)NC[C@]1(c2ccccc2)CC[C@H](O)[C@@H](N(C)C(=O)c2cn3cc(C)ccc3n2)CC1. The van der Waals surface area contributed by atoms with Gasteiger partial charge in [0.25, 0.3) is 5.91 Å². The van der Waals surface area contributed by atoms with Gasteiger partial charge in [-0.25, -0.2) is 4.98 Å². The van der Waals surface area contributed by atoms with Gasteiger partial charge in [-0.3, -0.25) is 9.59 Å². The van der Waals surface area contributed by atoms with E-state index in [1.165, 1.54) is 6.92 Å². The summed E-state index contributed by atoms with van der Waals surface area (Å²) in [4.78, 5) is 31.1. The van der Waals surface area contributed by atoms with Crippen molar-refractivity contribution in [3.63, 3.8) is 0 Å². The van der Waals surface area contributed by atoms with E-state index in [0.717, 1.165) is 29.6 Å². The molecular weight excluding hydrogens is 416 g/mol. The molecule has 0 spiro atoms. The molecule has 0 saturated heterocycles. The van der Waals surface area contributed by atoms with E-state index >= 15 is 0 Å². The quantitative estimate of drug-likeness (QED) is 0.587. The number of carbonyl (C=O) groups excluding carboxylic acids is 2. The third-order valence-electron chi connectivity index (χ3n) is 6.98. The molecule has 1 aliphatic carbocycles. The molecule has 1 saturated carbocycles. The topological polar surface area (TPSA) is 86.9 Å². The van der Waals surface area contributed by atoms with Gasteiger partial charge >= 0.3 is 0 Å². The van der Waals surface area contributed by atoms with E-state index in [4.69, 9.17) is 0 Å². The highest BCUT2D eigenvalue weighted by atomic mass is 16.3. The summed E-state index contributed by atoms with van der Waals surface area (Å²) in [6.45, 7) is 4.03. The maximum absolute atomic E-state index is 13.3. The van der Waals surface area contributed by atoms with Gasteiger partial charge in [-0.05, 0) is 49.8 Å². The van der Waals surface area contributed by atoms with Gasteiger partial charge in [0.2, 0.25) is 5.91 Å². The lowest BCUT2D eigenvalue weighted by molar-refractivity contribution is -0.119. The number of carbonyl (C=O) groups is 2. The van der Waals surface area contributed by atoms with Crippen molar-refractivity contribution in [3.8, 4) is 0 Å². The van der Waals surface area contributed by atoms with Crippen LogP contribution in [0.4, 0.5) is 0 Å². The number of nitrogens with one attached hydrogen (secondary N) is 1. The van der Waals surface area contributed by atoms with Crippen LogP contribution in [-0.2, 0) is 10.2 Å². The van der Waals surface area contributed by atoms with Crippen molar-refractivity contribution < 1.29 is 14.7 Å². The number of aliphatic hydroxyl groups is 1. The van der Waals surface area contributed by atoms with Crippen LogP contribution in [-0.4, -0.2) is 56.9 Å². The number of benzene rings is 1. The van der Waals surface area contributed by atoms with E-state index in [2.05, 4.69) is 22.4 Å². The number of aryl methyl sites for hydroxylation is 1. The molecule has 3 aromatic rings. The maximum Gasteiger partial charge on any atom is 0.274 e.